The summed E-state index contributed by atoms with van der Waals surface area (Å²) >= 11 is 0. The molecule has 76 valence electrons. The van der Waals surface area contributed by atoms with E-state index in [0.717, 1.165) is 6.04 Å². The first-order valence-corrected chi connectivity index (χ1v) is 7.49. The van der Waals surface area contributed by atoms with Crippen LogP contribution in [0, 0.1) is 0 Å². The van der Waals surface area contributed by atoms with Crippen LogP contribution < -0.4 is 0 Å². The zero-order valence-electron chi connectivity index (χ0n) is 9.13. The van der Waals surface area contributed by atoms with Gasteiger partial charge in [0, 0.05) is 5.04 Å². The molecule has 0 amide bonds. The third kappa shape index (κ3) is 1.88. The molecule has 0 fully saturated rings. The maximum absolute atomic E-state index is 3.93. The van der Waals surface area contributed by atoms with E-state index in [-0.39, 0.29) is 5.04 Å². The monoisotopic (exact) mass is 204 g/mol. The summed E-state index contributed by atoms with van der Waals surface area (Å²) in [7, 11) is -1.71. The highest BCUT2D eigenvalue weighted by Gasteiger charge is 2.40. The van der Waals surface area contributed by atoms with Gasteiger partial charge in [-0.2, -0.15) is 0 Å². The van der Waals surface area contributed by atoms with Gasteiger partial charge in [-0.1, -0.05) is 36.6 Å². The average molecular weight is 204 g/mol. The Bertz CT molecular complexity index is 241. The minimum Gasteiger partial charge on any atom is -0.107 e. The molecular formula is C13H20Si. The zero-order valence-corrected chi connectivity index (χ0v) is 10.1. The summed E-state index contributed by atoms with van der Waals surface area (Å²) in [4.78, 5) is 0. The lowest BCUT2D eigenvalue weighted by Crippen LogP contribution is -2.39. The Balaban J connectivity index is 5.42. The predicted octanol–water partition coefficient (Wildman–Crippen LogP) is 4.27. The summed E-state index contributed by atoms with van der Waals surface area (Å²) in [6.07, 6.45) is 7.71. The van der Waals surface area contributed by atoms with Crippen molar-refractivity contribution in [3.63, 3.8) is 0 Å². The van der Waals surface area contributed by atoms with Crippen LogP contribution in [0.1, 0.15) is 0 Å². The van der Waals surface area contributed by atoms with Gasteiger partial charge in [0.05, 0.1) is 8.07 Å². The first-order valence-electron chi connectivity index (χ1n) is 4.71. The van der Waals surface area contributed by atoms with Crippen molar-refractivity contribution < 1.29 is 0 Å². The van der Waals surface area contributed by atoms with Gasteiger partial charge in [-0.25, -0.2) is 0 Å². The summed E-state index contributed by atoms with van der Waals surface area (Å²) in [6, 6.07) is 0.959. The van der Waals surface area contributed by atoms with Gasteiger partial charge in [-0.05, 0) is 6.04 Å². The standard InChI is InChI=1S/C13H20Si/c1-7-12-14(6,11-5)13(8-2,9-3)10-4/h7-11H,1-5,12H2,6H3. The summed E-state index contributed by atoms with van der Waals surface area (Å²) in [5.74, 6) is 0. The van der Waals surface area contributed by atoms with Crippen molar-refractivity contribution in [2.75, 3.05) is 0 Å². The molecule has 0 saturated carbocycles. The molecule has 1 unspecified atom stereocenters. The van der Waals surface area contributed by atoms with Crippen molar-refractivity contribution in [1.29, 1.82) is 0 Å². The number of hydrogen-bond acceptors (Lipinski definition) is 0. The van der Waals surface area contributed by atoms with E-state index in [4.69, 9.17) is 0 Å². The third-order valence-corrected chi connectivity index (χ3v) is 7.65. The molecule has 0 aromatic heterocycles. The second-order valence-electron chi connectivity index (χ2n) is 3.66. The Hall–Kier alpha value is -1.08. The number of allylic oxidation sites excluding steroid dienone is 4. The van der Waals surface area contributed by atoms with E-state index < -0.39 is 8.07 Å². The molecular weight excluding hydrogens is 184 g/mol. The van der Waals surface area contributed by atoms with Crippen molar-refractivity contribution >= 4 is 8.07 Å². The molecule has 14 heavy (non-hydrogen) atoms. The molecule has 1 atom stereocenters. The molecule has 0 aliphatic rings. The topological polar surface area (TPSA) is 0 Å². The molecule has 0 radical (unpaired) electrons. The van der Waals surface area contributed by atoms with Crippen molar-refractivity contribution in [3.05, 3.63) is 62.9 Å². The fourth-order valence-electron chi connectivity index (χ4n) is 1.69. The van der Waals surface area contributed by atoms with Gasteiger partial charge in [0.15, 0.2) is 0 Å². The fourth-order valence-corrected chi connectivity index (χ4v) is 4.56. The lowest BCUT2D eigenvalue weighted by atomic mass is 10.1. The molecule has 0 saturated heterocycles. The van der Waals surface area contributed by atoms with Crippen molar-refractivity contribution in [1.82, 2.24) is 0 Å². The SMILES string of the molecule is C=CC[Si](C)(C=C)C(C=C)(C=C)C=C. The summed E-state index contributed by atoms with van der Waals surface area (Å²) in [6.45, 7) is 21.6. The van der Waals surface area contributed by atoms with E-state index in [1.54, 1.807) is 0 Å². The highest BCUT2D eigenvalue weighted by atomic mass is 28.3. The molecule has 0 aromatic carbocycles. The van der Waals surface area contributed by atoms with E-state index in [0.29, 0.717) is 0 Å². The summed E-state index contributed by atoms with van der Waals surface area (Å²) in [5.41, 5.74) is 2.06. The molecule has 0 heterocycles. The highest BCUT2D eigenvalue weighted by molar-refractivity contribution is 6.87. The largest absolute Gasteiger partial charge is 0.107 e. The van der Waals surface area contributed by atoms with Crippen LogP contribution in [0.3, 0.4) is 0 Å². The normalized spacial score (nSPS) is 14.9. The molecule has 0 bridgehead atoms. The summed E-state index contributed by atoms with van der Waals surface area (Å²) < 4.78 is 0. The predicted molar refractivity (Wildman–Crippen MR) is 70.1 cm³/mol. The van der Waals surface area contributed by atoms with Crippen molar-refractivity contribution in [3.8, 4) is 0 Å². The van der Waals surface area contributed by atoms with Crippen LogP contribution in [0.2, 0.25) is 17.6 Å². The Kier molecular flexibility index (Phi) is 4.58. The van der Waals surface area contributed by atoms with Gasteiger partial charge in [-0.15, -0.1) is 32.9 Å². The minimum absolute atomic E-state index is 0.178. The molecule has 0 aromatic rings. The van der Waals surface area contributed by atoms with Crippen LogP contribution >= 0.6 is 0 Å². The Morgan fingerprint density at radius 3 is 1.64 bits per heavy atom. The van der Waals surface area contributed by atoms with Gasteiger partial charge >= 0.3 is 0 Å². The lowest BCUT2D eigenvalue weighted by molar-refractivity contribution is 1.03. The Morgan fingerprint density at radius 1 is 1.00 bits per heavy atom. The third-order valence-electron chi connectivity index (χ3n) is 3.02. The van der Waals surface area contributed by atoms with Crippen LogP contribution in [-0.4, -0.2) is 8.07 Å². The molecule has 0 spiro atoms. The molecule has 0 aliphatic carbocycles. The van der Waals surface area contributed by atoms with Crippen LogP contribution in [0.25, 0.3) is 0 Å². The molecule has 1 heteroatoms. The van der Waals surface area contributed by atoms with Crippen LogP contribution in [0.4, 0.5) is 0 Å². The quantitative estimate of drug-likeness (QED) is 0.429. The fraction of sp³-hybridized carbons (Fsp3) is 0.231. The van der Waals surface area contributed by atoms with E-state index >= 15 is 0 Å². The molecule has 0 aliphatic heterocycles. The first-order chi connectivity index (χ1) is 6.55. The second kappa shape index (κ2) is 4.96. The molecule has 0 rings (SSSR count). The van der Waals surface area contributed by atoms with E-state index in [9.17, 15) is 0 Å². The van der Waals surface area contributed by atoms with Gasteiger partial charge in [0.1, 0.15) is 0 Å². The number of hydrogen-bond donors (Lipinski definition) is 0. The van der Waals surface area contributed by atoms with Gasteiger partial charge in [0.2, 0.25) is 0 Å². The molecule has 0 nitrogen and oxygen atoms in total. The smallest absolute Gasteiger partial charge is 0.0966 e. The highest BCUT2D eigenvalue weighted by Crippen LogP contribution is 2.44. The lowest BCUT2D eigenvalue weighted by Gasteiger charge is -2.38. The van der Waals surface area contributed by atoms with Gasteiger partial charge in [-0.3, -0.25) is 0 Å². The minimum atomic E-state index is -1.71. The first kappa shape index (κ1) is 12.9. The van der Waals surface area contributed by atoms with E-state index in [1.807, 2.05) is 24.3 Å². The zero-order chi connectivity index (χ0) is 11.2. The van der Waals surface area contributed by atoms with Crippen molar-refractivity contribution in [2.45, 2.75) is 17.6 Å². The van der Waals surface area contributed by atoms with Gasteiger partial charge in [0.25, 0.3) is 0 Å². The Labute approximate surface area is 89.1 Å². The maximum Gasteiger partial charge on any atom is 0.0966 e. The summed E-state index contributed by atoms with van der Waals surface area (Å²) in [5, 5.41) is -0.178. The van der Waals surface area contributed by atoms with Crippen molar-refractivity contribution in [2.24, 2.45) is 0 Å². The molecule has 0 N–H and O–H groups in total. The maximum atomic E-state index is 3.93. The average Bonchev–Trinajstić information content (AvgIpc) is 2.21. The van der Waals surface area contributed by atoms with Crippen LogP contribution in [-0.2, 0) is 0 Å². The van der Waals surface area contributed by atoms with Crippen LogP contribution in [0.15, 0.2) is 62.9 Å². The van der Waals surface area contributed by atoms with E-state index in [1.165, 1.54) is 0 Å². The Morgan fingerprint density at radius 2 is 1.43 bits per heavy atom. The van der Waals surface area contributed by atoms with E-state index in [2.05, 4.69) is 45.1 Å². The second-order valence-corrected chi connectivity index (χ2v) is 8.18. The number of rotatable bonds is 7. The van der Waals surface area contributed by atoms with Crippen LogP contribution in [0.5, 0.6) is 0 Å². The van der Waals surface area contributed by atoms with Gasteiger partial charge < -0.3 is 0 Å².